The lowest BCUT2D eigenvalue weighted by molar-refractivity contribution is -0.149. The summed E-state index contributed by atoms with van der Waals surface area (Å²) in [6.45, 7) is 10.5. The van der Waals surface area contributed by atoms with E-state index < -0.39 is 5.54 Å². The summed E-state index contributed by atoms with van der Waals surface area (Å²) >= 11 is 0. The number of nitrogens with two attached hydrogens (primary N) is 2. The van der Waals surface area contributed by atoms with Crippen LogP contribution in [-0.2, 0) is 9.59 Å². The quantitative estimate of drug-likeness (QED) is 0.438. The summed E-state index contributed by atoms with van der Waals surface area (Å²) in [4.78, 5) is 28.9. The van der Waals surface area contributed by atoms with Crippen LogP contribution in [0.25, 0.3) is 0 Å². The van der Waals surface area contributed by atoms with Crippen molar-refractivity contribution < 1.29 is 9.59 Å². The molecule has 0 unspecified atom stereocenters. The first-order chi connectivity index (χ1) is 10.4. The topological polar surface area (TPSA) is 92.7 Å². The van der Waals surface area contributed by atoms with Crippen LogP contribution in [0, 0.1) is 0 Å². The summed E-state index contributed by atoms with van der Waals surface area (Å²) in [5.74, 6) is -0.524. The molecule has 0 radical (unpaired) electrons. The summed E-state index contributed by atoms with van der Waals surface area (Å²) in [6.07, 6.45) is 2.87. The Morgan fingerprint density at radius 1 is 0.818 bits per heavy atom. The minimum absolute atomic E-state index is 0.262. The Labute approximate surface area is 135 Å². The fourth-order valence-electron chi connectivity index (χ4n) is 2.62. The molecule has 0 atom stereocenters. The van der Waals surface area contributed by atoms with Crippen LogP contribution in [-0.4, -0.2) is 59.9 Å². The minimum Gasteiger partial charge on any atom is -0.341 e. The van der Waals surface area contributed by atoms with Gasteiger partial charge in [0, 0.05) is 26.2 Å². The lowest BCUT2D eigenvalue weighted by atomic mass is 9.89. The van der Waals surface area contributed by atoms with Gasteiger partial charge in [-0.1, -0.05) is 12.8 Å². The number of unbranched alkanes of at least 4 members (excludes halogenated alkanes) is 2. The van der Waals surface area contributed by atoms with Gasteiger partial charge in [-0.15, -0.1) is 0 Å². The Kier molecular flexibility index (Phi) is 10.0. The maximum atomic E-state index is 12.8. The largest absolute Gasteiger partial charge is 0.341 e. The van der Waals surface area contributed by atoms with E-state index in [1.807, 2.05) is 27.7 Å². The van der Waals surface area contributed by atoms with Gasteiger partial charge in [0.1, 0.15) is 0 Å². The molecule has 0 fully saturated rings. The summed E-state index contributed by atoms with van der Waals surface area (Å²) in [6, 6.07) is 0. The Balaban J connectivity index is 5.27. The van der Waals surface area contributed by atoms with Crippen molar-refractivity contribution in [1.29, 1.82) is 0 Å². The number of carbonyl (C=O) groups is 2. The molecule has 6 nitrogen and oxygen atoms in total. The van der Waals surface area contributed by atoms with Crippen LogP contribution in [0.1, 0.15) is 53.4 Å². The highest BCUT2D eigenvalue weighted by Gasteiger charge is 2.45. The molecule has 0 aromatic heterocycles. The highest BCUT2D eigenvalue weighted by molar-refractivity contribution is 6.09. The standard InChI is InChI=1S/C16H34N4O2/c1-5-19(6-2)14(21)16(18,12-10-9-11-13-17)15(22)20(7-3)8-4/h5-13,17-18H2,1-4H3. The monoisotopic (exact) mass is 314 g/mol. The second kappa shape index (κ2) is 10.6. The first-order valence-corrected chi connectivity index (χ1v) is 8.50. The van der Waals surface area contributed by atoms with Crippen molar-refractivity contribution in [3.8, 4) is 0 Å². The number of hydrogen-bond acceptors (Lipinski definition) is 4. The van der Waals surface area contributed by atoms with Crippen molar-refractivity contribution in [3.63, 3.8) is 0 Å². The van der Waals surface area contributed by atoms with E-state index in [0.717, 1.165) is 19.3 Å². The van der Waals surface area contributed by atoms with Gasteiger partial charge in [-0.05, 0) is 47.1 Å². The van der Waals surface area contributed by atoms with Gasteiger partial charge in [0.25, 0.3) is 11.8 Å². The molecule has 2 amide bonds. The van der Waals surface area contributed by atoms with Crippen molar-refractivity contribution in [2.24, 2.45) is 11.5 Å². The zero-order valence-electron chi connectivity index (χ0n) is 14.7. The van der Waals surface area contributed by atoms with E-state index in [9.17, 15) is 9.59 Å². The molecule has 0 aromatic rings. The van der Waals surface area contributed by atoms with Gasteiger partial charge in [0.05, 0.1) is 0 Å². The van der Waals surface area contributed by atoms with Gasteiger partial charge in [-0.2, -0.15) is 0 Å². The van der Waals surface area contributed by atoms with Gasteiger partial charge >= 0.3 is 0 Å². The summed E-state index contributed by atoms with van der Waals surface area (Å²) < 4.78 is 0. The summed E-state index contributed by atoms with van der Waals surface area (Å²) in [5.41, 5.74) is 10.4. The molecule has 0 aliphatic carbocycles. The van der Waals surface area contributed by atoms with Gasteiger partial charge in [-0.25, -0.2) is 0 Å². The molecular formula is C16H34N4O2. The van der Waals surface area contributed by atoms with Crippen molar-refractivity contribution in [1.82, 2.24) is 9.80 Å². The molecule has 0 saturated heterocycles. The lowest BCUT2D eigenvalue weighted by Crippen LogP contribution is -2.64. The first kappa shape index (κ1) is 20.9. The molecule has 0 heterocycles. The van der Waals surface area contributed by atoms with Crippen molar-refractivity contribution in [2.45, 2.75) is 58.9 Å². The van der Waals surface area contributed by atoms with Crippen molar-refractivity contribution >= 4 is 11.8 Å². The second-order valence-electron chi connectivity index (χ2n) is 5.53. The normalized spacial score (nSPS) is 11.4. The molecule has 22 heavy (non-hydrogen) atoms. The van der Waals surface area contributed by atoms with E-state index >= 15 is 0 Å². The van der Waals surface area contributed by atoms with Crippen LogP contribution >= 0.6 is 0 Å². The number of amides is 2. The average molecular weight is 314 g/mol. The maximum absolute atomic E-state index is 12.8. The fourth-order valence-corrected chi connectivity index (χ4v) is 2.62. The molecule has 0 saturated carbocycles. The smallest absolute Gasteiger partial charge is 0.252 e. The summed E-state index contributed by atoms with van der Waals surface area (Å²) in [7, 11) is 0. The predicted octanol–water partition coefficient (Wildman–Crippen LogP) is 0.940. The number of hydrogen-bond donors (Lipinski definition) is 2. The Morgan fingerprint density at radius 3 is 1.55 bits per heavy atom. The zero-order chi connectivity index (χ0) is 17.2. The third-order valence-electron chi connectivity index (χ3n) is 4.14. The molecule has 0 aromatic carbocycles. The molecule has 0 rings (SSSR count). The van der Waals surface area contributed by atoms with Crippen LogP contribution < -0.4 is 11.5 Å². The number of likely N-dealkylation sites (N-methyl/N-ethyl adjacent to an activating group) is 2. The Hall–Kier alpha value is -1.14. The van der Waals surface area contributed by atoms with Gasteiger partial charge < -0.3 is 21.3 Å². The average Bonchev–Trinajstić information content (AvgIpc) is 2.53. The van der Waals surface area contributed by atoms with Crippen molar-refractivity contribution in [3.05, 3.63) is 0 Å². The van der Waals surface area contributed by atoms with E-state index in [0.29, 0.717) is 39.1 Å². The van der Waals surface area contributed by atoms with Gasteiger partial charge in [0.2, 0.25) is 0 Å². The molecule has 0 aliphatic heterocycles. The van der Waals surface area contributed by atoms with E-state index in [2.05, 4.69) is 0 Å². The van der Waals surface area contributed by atoms with Gasteiger partial charge in [0.15, 0.2) is 5.54 Å². The van der Waals surface area contributed by atoms with Crippen LogP contribution in [0.4, 0.5) is 0 Å². The third-order valence-corrected chi connectivity index (χ3v) is 4.14. The second-order valence-corrected chi connectivity index (χ2v) is 5.53. The maximum Gasteiger partial charge on any atom is 0.252 e. The third kappa shape index (κ3) is 5.25. The molecule has 4 N–H and O–H groups in total. The fraction of sp³-hybridized carbons (Fsp3) is 0.875. The van der Waals surface area contributed by atoms with Crippen LogP contribution in [0.15, 0.2) is 0 Å². The van der Waals surface area contributed by atoms with E-state index in [1.165, 1.54) is 0 Å². The lowest BCUT2D eigenvalue weighted by Gasteiger charge is -2.36. The minimum atomic E-state index is -1.45. The zero-order valence-corrected chi connectivity index (χ0v) is 14.7. The highest BCUT2D eigenvalue weighted by atomic mass is 16.2. The van der Waals surface area contributed by atoms with Crippen molar-refractivity contribution in [2.75, 3.05) is 32.7 Å². The number of carbonyl (C=O) groups excluding carboxylic acids is 2. The Bertz CT molecular complexity index is 315. The summed E-state index contributed by atoms with van der Waals surface area (Å²) in [5, 5.41) is 0. The number of rotatable bonds is 11. The van der Waals surface area contributed by atoms with Crippen LogP contribution in [0.2, 0.25) is 0 Å². The van der Waals surface area contributed by atoms with Crippen LogP contribution in [0.3, 0.4) is 0 Å². The molecular weight excluding hydrogens is 280 g/mol. The van der Waals surface area contributed by atoms with Gasteiger partial charge in [-0.3, -0.25) is 9.59 Å². The van der Waals surface area contributed by atoms with Crippen LogP contribution in [0.5, 0.6) is 0 Å². The van der Waals surface area contributed by atoms with E-state index in [4.69, 9.17) is 11.5 Å². The molecule has 0 bridgehead atoms. The molecule has 130 valence electrons. The Morgan fingerprint density at radius 2 is 1.23 bits per heavy atom. The van der Waals surface area contributed by atoms with E-state index in [1.54, 1.807) is 9.80 Å². The molecule has 6 heteroatoms. The molecule has 0 aliphatic rings. The predicted molar refractivity (Wildman–Crippen MR) is 90.3 cm³/mol. The highest BCUT2D eigenvalue weighted by Crippen LogP contribution is 2.19. The SMILES string of the molecule is CCN(CC)C(=O)C(N)(CCCCCN)C(=O)N(CC)CC. The molecule has 0 spiro atoms. The van der Waals surface area contributed by atoms with E-state index in [-0.39, 0.29) is 11.8 Å². The first-order valence-electron chi connectivity index (χ1n) is 8.50. The number of nitrogens with zero attached hydrogens (tertiary/aromatic N) is 2.